The van der Waals surface area contributed by atoms with Crippen molar-refractivity contribution < 1.29 is 19.1 Å². The number of nitrogens with zero attached hydrogens (tertiary/aromatic N) is 1. The molecule has 1 atom stereocenters. The van der Waals surface area contributed by atoms with E-state index in [0.717, 1.165) is 0 Å². The summed E-state index contributed by atoms with van der Waals surface area (Å²) in [5, 5.41) is 2.79. The molecule has 0 saturated carbocycles. The first kappa shape index (κ1) is 19.4. The van der Waals surface area contributed by atoms with Gasteiger partial charge >= 0.3 is 5.97 Å². The first-order valence-corrected chi connectivity index (χ1v) is 7.31. The second-order valence-corrected chi connectivity index (χ2v) is 6.04. The summed E-state index contributed by atoms with van der Waals surface area (Å²) in [4.78, 5) is 36.5. The molecular formula is C15H28N2O4. The minimum Gasteiger partial charge on any atom is -0.464 e. The number of hydrogen-bond donors (Lipinski definition) is 1. The Bertz CT molecular complexity index is 374. The smallest absolute Gasteiger partial charge is 0.328 e. The highest BCUT2D eigenvalue weighted by atomic mass is 16.5. The average molecular weight is 300 g/mol. The molecule has 0 aliphatic heterocycles. The quantitative estimate of drug-likeness (QED) is 0.568. The van der Waals surface area contributed by atoms with Gasteiger partial charge in [-0.15, -0.1) is 0 Å². The molecule has 2 amide bonds. The van der Waals surface area contributed by atoms with E-state index in [4.69, 9.17) is 4.74 Å². The fraction of sp³-hybridized carbons (Fsp3) is 0.800. The summed E-state index contributed by atoms with van der Waals surface area (Å²) in [6.45, 7) is 9.61. The molecule has 6 nitrogen and oxygen atoms in total. The SMILES string of the molecule is CCOC(=O)C(C)N(C)C(=O)CCCNC(=O)C(C)(C)C. The van der Waals surface area contributed by atoms with E-state index in [0.29, 0.717) is 19.6 Å². The lowest BCUT2D eigenvalue weighted by Gasteiger charge is -2.23. The van der Waals surface area contributed by atoms with Crippen LogP contribution in [0.15, 0.2) is 0 Å². The number of carbonyl (C=O) groups excluding carboxylic acids is 3. The number of amides is 2. The molecule has 0 aromatic rings. The number of ether oxygens (including phenoxy) is 1. The Labute approximate surface area is 127 Å². The van der Waals surface area contributed by atoms with Crippen molar-refractivity contribution in [1.82, 2.24) is 10.2 Å². The second-order valence-electron chi connectivity index (χ2n) is 6.04. The van der Waals surface area contributed by atoms with E-state index in [2.05, 4.69) is 5.32 Å². The molecule has 1 unspecified atom stereocenters. The molecule has 0 fully saturated rings. The summed E-state index contributed by atoms with van der Waals surface area (Å²) in [6.07, 6.45) is 0.825. The Kier molecular flexibility index (Phi) is 7.99. The normalized spacial score (nSPS) is 12.5. The van der Waals surface area contributed by atoms with Crippen LogP contribution in [0, 0.1) is 5.41 Å². The first-order chi connectivity index (χ1) is 9.61. The number of nitrogens with one attached hydrogen (secondary N) is 1. The molecule has 0 saturated heterocycles. The highest BCUT2D eigenvalue weighted by Gasteiger charge is 2.23. The van der Waals surface area contributed by atoms with Crippen LogP contribution in [0.25, 0.3) is 0 Å². The Balaban J connectivity index is 4.09. The van der Waals surface area contributed by atoms with Crippen LogP contribution in [0.4, 0.5) is 0 Å². The Hall–Kier alpha value is -1.59. The van der Waals surface area contributed by atoms with Crippen molar-refractivity contribution in [3.63, 3.8) is 0 Å². The van der Waals surface area contributed by atoms with Gasteiger partial charge in [0, 0.05) is 25.4 Å². The zero-order valence-electron chi connectivity index (χ0n) is 14.0. The van der Waals surface area contributed by atoms with Gasteiger partial charge in [0.1, 0.15) is 6.04 Å². The molecule has 0 bridgehead atoms. The molecule has 0 aliphatic carbocycles. The maximum atomic E-state index is 11.9. The molecule has 0 aliphatic rings. The van der Waals surface area contributed by atoms with Crippen molar-refractivity contribution >= 4 is 17.8 Å². The largest absolute Gasteiger partial charge is 0.464 e. The van der Waals surface area contributed by atoms with Gasteiger partial charge in [-0.05, 0) is 20.3 Å². The van der Waals surface area contributed by atoms with Crippen molar-refractivity contribution in [2.45, 2.75) is 53.5 Å². The fourth-order valence-corrected chi connectivity index (χ4v) is 1.52. The van der Waals surface area contributed by atoms with E-state index in [9.17, 15) is 14.4 Å². The van der Waals surface area contributed by atoms with Crippen LogP contribution in [0.5, 0.6) is 0 Å². The summed E-state index contributed by atoms with van der Waals surface area (Å²) in [5.41, 5.74) is -0.431. The van der Waals surface area contributed by atoms with Crippen molar-refractivity contribution in [3.8, 4) is 0 Å². The van der Waals surface area contributed by atoms with E-state index in [-0.39, 0.29) is 18.2 Å². The second kappa shape index (κ2) is 8.64. The van der Waals surface area contributed by atoms with Crippen LogP contribution < -0.4 is 5.32 Å². The molecule has 0 spiro atoms. The van der Waals surface area contributed by atoms with Gasteiger partial charge in [-0.25, -0.2) is 4.79 Å². The summed E-state index contributed by atoms with van der Waals surface area (Å²) in [5.74, 6) is -0.585. The van der Waals surface area contributed by atoms with E-state index in [1.54, 1.807) is 20.9 Å². The van der Waals surface area contributed by atoms with Crippen molar-refractivity contribution in [2.75, 3.05) is 20.2 Å². The topological polar surface area (TPSA) is 75.7 Å². The molecule has 122 valence electrons. The number of carbonyl (C=O) groups is 3. The van der Waals surface area contributed by atoms with Gasteiger partial charge in [-0.3, -0.25) is 9.59 Å². The molecule has 0 aromatic heterocycles. The van der Waals surface area contributed by atoms with Crippen molar-refractivity contribution in [2.24, 2.45) is 5.41 Å². The van der Waals surface area contributed by atoms with Gasteiger partial charge in [0.15, 0.2) is 0 Å². The Morgan fingerprint density at radius 2 is 1.81 bits per heavy atom. The summed E-state index contributed by atoms with van der Waals surface area (Å²) >= 11 is 0. The van der Waals surface area contributed by atoms with Crippen molar-refractivity contribution in [1.29, 1.82) is 0 Å². The molecule has 0 rings (SSSR count). The fourth-order valence-electron chi connectivity index (χ4n) is 1.52. The molecule has 1 N–H and O–H groups in total. The highest BCUT2D eigenvalue weighted by molar-refractivity contribution is 5.84. The Morgan fingerprint density at radius 1 is 1.24 bits per heavy atom. The molecule has 21 heavy (non-hydrogen) atoms. The zero-order chi connectivity index (χ0) is 16.6. The molecule has 6 heteroatoms. The lowest BCUT2D eigenvalue weighted by Crippen LogP contribution is -2.41. The third kappa shape index (κ3) is 7.11. The van der Waals surface area contributed by atoms with E-state index < -0.39 is 17.4 Å². The van der Waals surface area contributed by atoms with Crippen LogP contribution in [-0.2, 0) is 19.1 Å². The number of rotatable bonds is 7. The highest BCUT2D eigenvalue weighted by Crippen LogP contribution is 2.12. The lowest BCUT2D eigenvalue weighted by molar-refractivity contribution is -0.153. The van der Waals surface area contributed by atoms with Gasteiger partial charge in [0.2, 0.25) is 11.8 Å². The molecule has 0 radical (unpaired) electrons. The van der Waals surface area contributed by atoms with Crippen LogP contribution in [0.1, 0.15) is 47.5 Å². The van der Waals surface area contributed by atoms with Crippen molar-refractivity contribution in [3.05, 3.63) is 0 Å². The minimum absolute atomic E-state index is 0.0387. The molecular weight excluding hydrogens is 272 g/mol. The number of hydrogen-bond acceptors (Lipinski definition) is 4. The first-order valence-electron chi connectivity index (χ1n) is 7.31. The van der Waals surface area contributed by atoms with Gasteiger partial charge in [0.05, 0.1) is 6.61 Å². The van der Waals surface area contributed by atoms with Crippen LogP contribution >= 0.6 is 0 Å². The minimum atomic E-state index is -0.596. The maximum absolute atomic E-state index is 11.9. The van der Waals surface area contributed by atoms with Crippen LogP contribution in [0.2, 0.25) is 0 Å². The van der Waals surface area contributed by atoms with Crippen LogP contribution in [-0.4, -0.2) is 48.9 Å². The van der Waals surface area contributed by atoms with Gasteiger partial charge in [-0.2, -0.15) is 0 Å². The Morgan fingerprint density at radius 3 is 2.29 bits per heavy atom. The van der Waals surface area contributed by atoms with E-state index >= 15 is 0 Å². The monoisotopic (exact) mass is 300 g/mol. The van der Waals surface area contributed by atoms with Gasteiger partial charge in [-0.1, -0.05) is 20.8 Å². The average Bonchev–Trinajstić information content (AvgIpc) is 2.40. The van der Waals surface area contributed by atoms with E-state index in [1.165, 1.54) is 4.90 Å². The third-order valence-electron chi connectivity index (χ3n) is 3.14. The van der Waals surface area contributed by atoms with Gasteiger partial charge < -0.3 is 15.0 Å². The van der Waals surface area contributed by atoms with Gasteiger partial charge in [0.25, 0.3) is 0 Å². The standard InChI is InChI=1S/C15H28N2O4/c1-7-21-13(19)11(2)17(6)12(18)9-8-10-16-14(20)15(3,4)5/h11H,7-10H2,1-6H3,(H,16,20). The van der Waals surface area contributed by atoms with E-state index in [1.807, 2.05) is 20.8 Å². The third-order valence-corrected chi connectivity index (χ3v) is 3.14. The summed E-state index contributed by atoms with van der Waals surface area (Å²) < 4.78 is 4.88. The predicted molar refractivity (Wildman–Crippen MR) is 80.6 cm³/mol. The number of esters is 1. The number of likely N-dealkylation sites (N-methyl/N-ethyl adjacent to an activating group) is 1. The molecule has 0 heterocycles. The summed E-state index contributed by atoms with van der Waals surface area (Å²) in [6, 6.07) is -0.596. The maximum Gasteiger partial charge on any atom is 0.328 e. The summed E-state index contributed by atoms with van der Waals surface area (Å²) in [7, 11) is 1.58. The molecule has 0 aromatic carbocycles. The lowest BCUT2D eigenvalue weighted by atomic mass is 9.96. The zero-order valence-corrected chi connectivity index (χ0v) is 14.0. The van der Waals surface area contributed by atoms with Crippen LogP contribution in [0.3, 0.4) is 0 Å². The predicted octanol–water partition coefficient (Wildman–Crippen LogP) is 1.34.